The summed E-state index contributed by atoms with van der Waals surface area (Å²) in [5.41, 5.74) is 2.48. The summed E-state index contributed by atoms with van der Waals surface area (Å²) < 4.78 is 0.969. The predicted octanol–water partition coefficient (Wildman–Crippen LogP) is 5.88. The molecule has 0 unspecified atom stereocenters. The number of halogens is 1. The molecular weight excluding hydrogens is 498 g/mol. The first-order valence-corrected chi connectivity index (χ1v) is 12.4. The second-order valence-electron chi connectivity index (χ2n) is 7.90. The van der Waals surface area contributed by atoms with E-state index >= 15 is 0 Å². The van der Waals surface area contributed by atoms with Gasteiger partial charge >= 0.3 is 0 Å². The van der Waals surface area contributed by atoms with Crippen molar-refractivity contribution >= 4 is 61.2 Å². The highest BCUT2D eigenvalue weighted by Crippen LogP contribution is 2.28. The van der Waals surface area contributed by atoms with E-state index in [0.29, 0.717) is 18.7 Å². The lowest BCUT2D eigenvalue weighted by Gasteiger charge is -2.36. The molecule has 0 saturated carbocycles. The molecular formula is C26H22BrN3O2S. The van der Waals surface area contributed by atoms with Crippen LogP contribution in [0.5, 0.6) is 0 Å². The first-order valence-electron chi connectivity index (χ1n) is 10.8. The minimum atomic E-state index is -0.132. The number of hydrogen-bond donors (Lipinski definition) is 1. The second-order valence-corrected chi connectivity index (χ2v) is 9.70. The van der Waals surface area contributed by atoms with Gasteiger partial charge in [0.1, 0.15) is 0 Å². The standard InChI is InChI=1S/C26H22BrN3O2S/c27-23-12-11-22(20-4-1-2-5-21(20)23)25(31)28-18-7-9-19(10-8-18)29-13-15-30(16-14-29)26(32)24-6-3-17-33-24/h1-12,17H,13-16H2,(H,28,31). The number of fused-ring (bicyclic) bond motifs is 1. The van der Waals surface area contributed by atoms with Gasteiger partial charge in [0.25, 0.3) is 11.8 Å². The van der Waals surface area contributed by atoms with Gasteiger partial charge in [-0.2, -0.15) is 0 Å². The molecule has 7 heteroatoms. The zero-order valence-electron chi connectivity index (χ0n) is 17.8. The number of amides is 2. The lowest BCUT2D eigenvalue weighted by Crippen LogP contribution is -2.48. The van der Waals surface area contributed by atoms with E-state index in [1.165, 1.54) is 11.3 Å². The van der Waals surface area contributed by atoms with Gasteiger partial charge in [-0.3, -0.25) is 9.59 Å². The van der Waals surface area contributed by atoms with Crippen LogP contribution in [0.1, 0.15) is 20.0 Å². The molecule has 5 rings (SSSR count). The van der Waals surface area contributed by atoms with E-state index in [-0.39, 0.29) is 11.8 Å². The van der Waals surface area contributed by atoms with E-state index in [2.05, 4.69) is 26.1 Å². The number of nitrogens with one attached hydrogen (secondary N) is 1. The third-order valence-electron chi connectivity index (χ3n) is 5.90. The molecule has 2 amide bonds. The van der Waals surface area contributed by atoms with Crippen molar-refractivity contribution in [3.8, 4) is 0 Å². The van der Waals surface area contributed by atoms with Gasteiger partial charge < -0.3 is 15.1 Å². The normalized spacial score (nSPS) is 13.8. The Morgan fingerprint density at radius 1 is 0.818 bits per heavy atom. The Morgan fingerprint density at radius 2 is 1.55 bits per heavy atom. The molecule has 0 bridgehead atoms. The topological polar surface area (TPSA) is 52.7 Å². The summed E-state index contributed by atoms with van der Waals surface area (Å²) in [6, 6.07) is 23.3. The van der Waals surface area contributed by atoms with Crippen molar-refractivity contribution in [2.75, 3.05) is 36.4 Å². The number of hydrogen-bond acceptors (Lipinski definition) is 4. The van der Waals surface area contributed by atoms with Gasteiger partial charge in [0.15, 0.2) is 0 Å². The average Bonchev–Trinajstić information content (AvgIpc) is 3.40. The van der Waals surface area contributed by atoms with Crippen LogP contribution in [0.2, 0.25) is 0 Å². The zero-order valence-corrected chi connectivity index (χ0v) is 20.2. The highest BCUT2D eigenvalue weighted by atomic mass is 79.9. The Balaban J connectivity index is 1.23. The first-order chi connectivity index (χ1) is 16.1. The predicted molar refractivity (Wildman–Crippen MR) is 138 cm³/mol. The van der Waals surface area contributed by atoms with E-state index in [0.717, 1.165) is 44.6 Å². The Hall–Kier alpha value is -3.16. The number of benzene rings is 3. The summed E-state index contributed by atoms with van der Waals surface area (Å²) in [5, 5.41) is 6.87. The lowest BCUT2D eigenvalue weighted by atomic mass is 10.0. The quantitative estimate of drug-likeness (QED) is 0.366. The summed E-state index contributed by atoms with van der Waals surface area (Å²) in [6.45, 7) is 2.97. The number of piperazine rings is 1. The molecule has 1 N–H and O–H groups in total. The van der Waals surface area contributed by atoms with Crippen LogP contribution in [-0.4, -0.2) is 42.9 Å². The minimum absolute atomic E-state index is 0.114. The molecule has 0 spiro atoms. The van der Waals surface area contributed by atoms with Gasteiger partial charge in [0, 0.05) is 47.6 Å². The van der Waals surface area contributed by atoms with Crippen LogP contribution in [0.25, 0.3) is 10.8 Å². The number of nitrogens with zero attached hydrogens (tertiary/aromatic N) is 2. The maximum atomic E-state index is 12.9. The summed E-state index contributed by atoms with van der Waals surface area (Å²) >= 11 is 5.04. The van der Waals surface area contributed by atoms with E-state index < -0.39 is 0 Å². The Morgan fingerprint density at radius 3 is 2.24 bits per heavy atom. The van der Waals surface area contributed by atoms with Gasteiger partial charge in [-0.1, -0.05) is 46.3 Å². The summed E-state index contributed by atoms with van der Waals surface area (Å²) in [4.78, 5) is 30.5. The van der Waals surface area contributed by atoms with Crippen molar-refractivity contribution in [3.05, 3.63) is 93.1 Å². The molecule has 0 atom stereocenters. The third kappa shape index (κ3) is 4.51. The largest absolute Gasteiger partial charge is 0.368 e. The molecule has 33 heavy (non-hydrogen) atoms. The van der Waals surface area contributed by atoms with Crippen molar-refractivity contribution in [2.24, 2.45) is 0 Å². The van der Waals surface area contributed by atoms with Crippen LogP contribution < -0.4 is 10.2 Å². The summed E-state index contributed by atoms with van der Waals surface area (Å²) in [5.74, 6) is -0.0182. The molecule has 1 saturated heterocycles. The third-order valence-corrected chi connectivity index (χ3v) is 7.45. The van der Waals surface area contributed by atoms with E-state index in [1.54, 1.807) is 0 Å². The molecule has 1 aliphatic heterocycles. The molecule has 3 aromatic carbocycles. The fourth-order valence-electron chi connectivity index (χ4n) is 4.14. The van der Waals surface area contributed by atoms with Gasteiger partial charge in [-0.05, 0) is 58.6 Å². The Kier molecular flexibility index (Phi) is 6.15. The fourth-order valence-corrected chi connectivity index (χ4v) is 5.31. The SMILES string of the molecule is O=C(Nc1ccc(N2CCN(C(=O)c3cccs3)CC2)cc1)c1ccc(Br)c2ccccc12. The maximum Gasteiger partial charge on any atom is 0.264 e. The van der Waals surface area contributed by atoms with Crippen LogP contribution in [-0.2, 0) is 0 Å². The van der Waals surface area contributed by atoms with Crippen molar-refractivity contribution < 1.29 is 9.59 Å². The van der Waals surface area contributed by atoms with Crippen LogP contribution in [0.4, 0.5) is 11.4 Å². The Labute approximate surface area is 204 Å². The van der Waals surface area contributed by atoms with Crippen LogP contribution in [0.15, 0.2) is 82.6 Å². The number of anilines is 2. The van der Waals surface area contributed by atoms with Gasteiger partial charge in [-0.25, -0.2) is 0 Å². The molecule has 4 aromatic rings. The molecule has 2 heterocycles. The van der Waals surface area contributed by atoms with Crippen LogP contribution in [0, 0.1) is 0 Å². The second kappa shape index (κ2) is 9.37. The summed E-state index contributed by atoms with van der Waals surface area (Å²) in [6.07, 6.45) is 0. The lowest BCUT2D eigenvalue weighted by molar-refractivity contribution is 0.0751. The fraction of sp³-hybridized carbons (Fsp3) is 0.154. The number of carbonyl (C=O) groups is 2. The number of carbonyl (C=O) groups excluding carboxylic acids is 2. The number of thiophene rings is 1. The molecule has 5 nitrogen and oxygen atoms in total. The molecule has 1 aliphatic rings. The van der Waals surface area contributed by atoms with Gasteiger partial charge in [0.05, 0.1) is 4.88 Å². The smallest absolute Gasteiger partial charge is 0.264 e. The van der Waals surface area contributed by atoms with Gasteiger partial charge in [-0.15, -0.1) is 11.3 Å². The van der Waals surface area contributed by atoms with Crippen molar-refractivity contribution in [2.45, 2.75) is 0 Å². The highest BCUT2D eigenvalue weighted by molar-refractivity contribution is 9.10. The van der Waals surface area contributed by atoms with E-state index in [1.807, 2.05) is 83.1 Å². The van der Waals surface area contributed by atoms with Crippen molar-refractivity contribution in [1.82, 2.24) is 4.90 Å². The molecule has 0 radical (unpaired) electrons. The molecule has 0 aliphatic carbocycles. The molecule has 1 aromatic heterocycles. The van der Waals surface area contributed by atoms with Gasteiger partial charge in [0.2, 0.25) is 0 Å². The number of rotatable bonds is 4. The van der Waals surface area contributed by atoms with Crippen molar-refractivity contribution in [1.29, 1.82) is 0 Å². The first kappa shape index (κ1) is 21.7. The van der Waals surface area contributed by atoms with E-state index in [4.69, 9.17) is 0 Å². The van der Waals surface area contributed by atoms with Crippen LogP contribution >= 0.6 is 27.3 Å². The Bertz CT molecular complexity index is 1300. The van der Waals surface area contributed by atoms with Crippen molar-refractivity contribution in [3.63, 3.8) is 0 Å². The zero-order chi connectivity index (χ0) is 22.8. The minimum Gasteiger partial charge on any atom is -0.368 e. The average molecular weight is 520 g/mol. The molecule has 1 fully saturated rings. The monoisotopic (exact) mass is 519 g/mol. The van der Waals surface area contributed by atoms with Crippen LogP contribution in [0.3, 0.4) is 0 Å². The highest BCUT2D eigenvalue weighted by Gasteiger charge is 2.23. The maximum absolute atomic E-state index is 12.9. The molecule has 166 valence electrons. The summed E-state index contributed by atoms with van der Waals surface area (Å²) in [7, 11) is 0. The van der Waals surface area contributed by atoms with E-state index in [9.17, 15) is 9.59 Å².